The third-order valence-corrected chi connectivity index (χ3v) is 4.39. The second-order valence-corrected chi connectivity index (χ2v) is 5.89. The molecule has 114 valence electrons. The molecule has 0 aliphatic carbocycles. The van der Waals surface area contributed by atoms with Crippen molar-refractivity contribution in [3.05, 3.63) is 21.9 Å². The second-order valence-electron chi connectivity index (χ2n) is 4.89. The molecule has 1 atom stereocenters. The van der Waals surface area contributed by atoms with Crippen LogP contribution < -0.4 is 11.1 Å². The number of thiophene rings is 1. The number of carbonyl (C=O) groups excluding carboxylic acids is 2. The molecule has 0 radical (unpaired) electrons. The lowest BCUT2D eigenvalue weighted by molar-refractivity contribution is -0.139. The monoisotopic (exact) mass is 311 g/mol. The van der Waals surface area contributed by atoms with Crippen molar-refractivity contribution in [3.63, 3.8) is 0 Å². The van der Waals surface area contributed by atoms with Crippen LogP contribution in [0.15, 0.2) is 11.4 Å². The zero-order valence-corrected chi connectivity index (χ0v) is 12.2. The molecule has 21 heavy (non-hydrogen) atoms. The van der Waals surface area contributed by atoms with E-state index >= 15 is 0 Å². The van der Waals surface area contributed by atoms with Gasteiger partial charge in [-0.1, -0.05) is 0 Å². The number of hydrogen-bond acceptors (Lipinski definition) is 4. The molecule has 0 unspecified atom stereocenters. The summed E-state index contributed by atoms with van der Waals surface area (Å²) >= 11 is 1.67. The van der Waals surface area contributed by atoms with E-state index in [-0.39, 0.29) is 12.8 Å². The Morgan fingerprint density at radius 2 is 2.24 bits per heavy atom. The zero-order chi connectivity index (χ0) is 15.4. The third kappa shape index (κ3) is 3.94. The normalized spacial score (nSPS) is 15.1. The smallest absolute Gasteiger partial charge is 0.326 e. The highest BCUT2D eigenvalue weighted by Crippen LogP contribution is 2.23. The molecule has 1 aromatic rings. The number of carboxylic acid groups (broad SMARTS) is 1. The van der Waals surface area contributed by atoms with Crippen molar-refractivity contribution in [2.45, 2.75) is 31.8 Å². The minimum atomic E-state index is -1.17. The largest absolute Gasteiger partial charge is 0.480 e. The molecule has 0 fully saturated rings. The molecule has 0 spiro atoms. The maximum Gasteiger partial charge on any atom is 0.326 e. The van der Waals surface area contributed by atoms with E-state index in [1.165, 1.54) is 4.88 Å². The Morgan fingerprint density at radius 3 is 2.90 bits per heavy atom. The van der Waals surface area contributed by atoms with Crippen molar-refractivity contribution in [2.24, 2.45) is 5.73 Å². The van der Waals surface area contributed by atoms with Crippen LogP contribution in [0.1, 0.15) is 23.3 Å². The van der Waals surface area contributed by atoms with Crippen LogP contribution in [0.25, 0.3) is 0 Å². The van der Waals surface area contributed by atoms with Gasteiger partial charge >= 0.3 is 12.0 Å². The van der Waals surface area contributed by atoms with Gasteiger partial charge in [-0.15, -0.1) is 11.3 Å². The van der Waals surface area contributed by atoms with Gasteiger partial charge < -0.3 is 21.1 Å². The highest BCUT2D eigenvalue weighted by Gasteiger charge is 2.26. The number of carboxylic acids is 1. The lowest BCUT2D eigenvalue weighted by Gasteiger charge is -2.28. The summed E-state index contributed by atoms with van der Waals surface area (Å²) in [6.07, 6.45) is 0.694. The molecule has 2 heterocycles. The highest BCUT2D eigenvalue weighted by atomic mass is 32.1. The van der Waals surface area contributed by atoms with Gasteiger partial charge in [0.1, 0.15) is 6.04 Å². The first-order valence-electron chi connectivity index (χ1n) is 6.59. The number of nitrogens with zero attached hydrogens (tertiary/aromatic N) is 1. The number of nitrogens with one attached hydrogen (secondary N) is 1. The summed E-state index contributed by atoms with van der Waals surface area (Å²) in [5.74, 6) is -1.76. The number of fused-ring (bicyclic) bond motifs is 1. The van der Waals surface area contributed by atoms with Gasteiger partial charge in [0.25, 0.3) is 0 Å². The fourth-order valence-electron chi connectivity index (χ4n) is 2.21. The van der Waals surface area contributed by atoms with Gasteiger partial charge in [0.15, 0.2) is 0 Å². The predicted octanol–water partition coefficient (Wildman–Crippen LogP) is 0.534. The van der Waals surface area contributed by atoms with Crippen LogP contribution in [-0.4, -0.2) is 40.5 Å². The predicted molar refractivity (Wildman–Crippen MR) is 76.8 cm³/mol. The van der Waals surface area contributed by atoms with Gasteiger partial charge in [0.05, 0.1) is 0 Å². The summed E-state index contributed by atoms with van der Waals surface area (Å²) in [7, 11) is 0. The fourth-order valence-corrected chi connectivity index (χ4v) is 3.10. The van der Waals surface area contributed by atoms with Crippen LogP contribution in [-0.2, 0) is 22.6 Å². The van der Waals surface area contributed by atoms with Gasteiger partial charge in [0.2, 0.25) is 5.91 Å². The molecule has 0 saturated carbocycles. The fraction of sp³-hybridized carbons (Fsp3) is 0.462. The average molecular weight is 311 g/mol. The number of carbonyl (C=O) groups is 3. The van der Waals surface area contributed by atoms with Crippen LogP contribution >= 0.6 is 11.3 Å². The molecule has 4 N–H and O–H groups in total. The van der Waals surface area contributed by atoms with Crippen molar-refractivity contribution in [1.82, 2.24) is 10.2 Å². The molecule has 1 aliphatic rings. The number of amides is 3. The number of aliphatic carboxylic acids is 1. The van der Waals surface area contributed by atoms with Gasteiger partial charge in [0, 0.05) is 24.4 Å². The Hall–Kier alpha value is -2.09. The van der Waals surface area contributed by atoms with E-state index in [9.17, 15) is 14.4 Å². The Labute approximate surface area is 125 Å². The van der Waals surface area contributed by atoms with Crippen LogP contribution in [0.3, 0.4) is 0 Å². The van der Waals surface area contributed by atoms with Gasteiger partial charge in [-0.05, 0) is 29.9 Å². The van der Waals surface area contributed by atoms with E-state index in [0.717, 1.165) is 12.0 Å². The van der Waals surface area contributed by atoms with Crippen LogP contribution in [0.5, 0.6) is 0 Å². The molecule has 8 heteroatoms. The Kier molecular flexibility index (Phi) is 4.79. The molecule has 1 aliphatic heterocycles. The van der Waals surface area contributed by atoms with Gasteiger partial charge in [-0.25, -0.2) is 9.59 Å². The van der Waals surface area contributed by atoms with E-state index in [4.69, 9.17) is 10.8 Å². The molecule has 1 aromatic heterocycles. The van der Waals surface area contributed by atoms with Crippen LogP contribution in [0, 0.1) is 0 Å². The highest BCUT2D eigenvalue weighted by molar-refractivity contribution is 7.10. The summed E-state index contributed by atoms with van der Waals surface area (Å²) < 4.78 is 0. The average Bonchev–Trinajstić information content (AvgIpc) is 2.89. The summed E-state index contributed by atoms with van der Waals surface area (Å²) in [5.41, 5.74) is 6.10. The van der Waals surface area contributed by atoms with E-state index < -0.39 is 23.9 Å². The van der Waals surface area contributed by atoms with Gasteiger partial charge in [-0.2, -0.15) is 0 Å². The van der Waals surface area contributed by atoms with Crippen molar-refractivity contribution in [2.75, 3.05) is 6.54 Å². The Balaban J connectivity index is 1.93. The zero-order valence-electron chi connectivity index (χ0n) is 11.4. The number of urea groups is 1. The summed E-state index contributed by atoms with van der Waals surface area (Å²) in [5, 5.41) is 13.5. The van der Waals surface area contributed by atoms with Crippen LogP contribution in [0.4, 0.5) is 4.79 Å². The number of hydrogen-bond donors (Lipinski definition) is 3. The SMILES string of the molecule is NC(=O)CC[C@@H](NC(=O)N1CCc2sccc2C1)C(=O)O. The van der Waals surface area contributed by atoms with Crippen molar-refractivity contribution in [3.8, 4) is 0 Å². The standard InChI is InChI=1S/C13H17N3O4S/c14-11(17)2-1-9(12(18)19)15-13(20)16-5-3-10-8(7-16)4-6-21-10/h4,6,9H,1-3,5,7H2,(H2,14,17)(H,15,20)(H,18,19)/t9-/m1/s1. The number of nitrogens with two attached hydrogens (primary N) is 1. The van der Waals surface area contributed by atoms with Crippen molar-refractivity contribution >= 4 is 29.2 Å². The van der Waals surface area contributed by atoms with E-state index in [2.05, 4.69) is 5.32 Å². The molecule has 7 nitrogen and oxygen atoms in total. The minimum absolute atomic E-state index is 0.00600. The summed E-state index contributed by atoms with van der Waals surface area (Å²) in [4.78, 5) is 36.8. The van der Waals surface area contributed by atoms with Gasteiger partial charge in [-0.3, -0.25) is 4.79 Å². The van der Waals surface area contributed by atoms with E-state index in [0.29, 0.717) is 13.1 Å². The third-order valence-electron chi connectivity index (χ3n) is 3.37. The lowest BCUT2D eigenvalue weighted by Crippen LogP contribution is -2.49. The van der Waals surface area contributed by atoms with E-state index in [1.54, 1.807) is 16.2 Å². The molecular weight excluding hydrogens is 294 g/mol. The van der Waals surface area contributed by atoms with E-state index in [1.807, 2.05) is 11.4 Å². The number of primary amides is 1. The summed E-state index contributed by atoms with van der Waals surface area (Å²) in [6.45, 7) is 1.04. The number of rotatable bonds is 5. The minimum Gasteiger partial charge on any atom is -0.480 e. The first-order chi connectivity index (χ1) is 9.97. The molecule has 0 saturated heterocycles. The molecule has 2 rings (SSSR count). The molecule has 0 bridgehead atoms. The topological polar surface area (TPSA) is 113 Å². The first-order valence-corrected chi connectivity index (χ1v) is 7.47. The Morgan fingerprint density at radius 1 is 1.48 bits per heavy atom. The van der Waals surface area contributed by atoms with Crippen molar-refractivity contribution < 1.29 is 19.5 Å². The van der Waals surface area contributed by atoms with Crippen molar-refractivity contribution in [1.29, 1.82) is 0 Å². The Bertz CT molecular complexity index is 557. The maximum atomic E-state index is 12.1. The maximum absolute atomic E-state index is 12.1. The summed E-state index contributed by atoms with van der Waals surface area (Å²) in [6, 6.07) is 0.443. The lowest BCUT2D eigenvalue weighted by atomic mass is 10.1. The first kappa shape index (κ1) is 15.3. The molecule has 3 amide bonds. The van der Waals surface area contributed by atoms with Crippen LogP contribution in [0.2, 0.25) is 0 Å². The molecular formula is C13H17N3O4S. The second kappa shape index (κ2) is 6.57. The quantitative estimate of drug-likeness (QED) is 0.736. The molecule has 0 aromatic carbocycles.